The molecule has 0 spiro atoms. The molecule has 5 heteroatoms. The van der Waals surface area contributed by atoms with Gasteiger partial charge in [0.25, 0.3) is 11.8 Å². The minimum absolute atomic E-state index is 0.124. The van der Waals surface area contributed by atoms with E-state index in [1.165, 1.54) is 0 Å². The zero-order valence-corrected chi connectivity index (χ0v) is 13.0. The summed E-state index contributed by atoms with van der Waals surface area (Å²) < 4.78 is 0. The number of amides is 2. The van der Waals surface area contributed by atoms with Crippen LogP contribution in [-0.2, 0) is 0 Å². The molecule has 1 aromatic heterocycles. The molecule has 0 bridgehead atoms. The minimum atomic E-state index is -0.207. The Morgan fingerprint density at radius 1 is 1.12 bits per heavy atom. The number of carbonyl (C=O) groups is 2. The topological polar surface area (TPSA) is 71.1 Å². The summed E-state index contributed by atoms with van der Waals surface area (Å²) in [5.41, 5.74) is 3.30. The van der Waals surface area contributed by atoms with Gasteiger partial charge in [-0.2, -0.15) is 0 Å². The molecule has 1 aliphatic heterocycles. The Labute approximate surface area is 138 Å². The predicted octanol–water partition coefficient (Wildman–Crippen LogP) is 3.29. The molecule has 2 amide bonds. The second kappa shape index (κ2) is 5.45. The summed E-state index contributed by atoms with van der Waals surface area (Å²) in [5.74, 6) is -0.366. The molecular formula is C19H15N3O2. The van der Waals surface area contributed by atoms with Gasteiger partial charge in [-0.05, 0) is 30.7 Å². The van der Waals surface area contributed by atoms with Crippen LogP contribution in [-0.4, -0.2) is 16.8 Å². The fourth-order valence-electron chi connectivity index (χ4n) is 3.03. The van der Waals surface area contributed by atoms with Crippen LogP contribution in [0.1, 0.15) is 39.2 Å². The van der Waals surface area contributed by atoms with Crippen LogP contribution >= 0.6 is 0 Å². The molecule has 1 aliphatic rings. The monoisotopic (exact) mass is 317 g/mol. The van der Waals surface area contributed by atoms with Crippen molar-refractivity contribution >= 4 is 28.4 Å². The van der Waals surface area contributed by atoms with E-state index < -0.39 is 0 Å². The normalized spacial score (nSPS) is 13.6. The van der Waals surface area contributed by atoms with E-state index in [9.17, 15) is 9.59 Å². The molecule has 0 saturated heterocycles. The summed E-state index contributed by atoms with van der Waals surface area (Å²) in [7, 11) is 0. The van der Waals surface area contributed by atoms with Crippen LogP contribution in [0.15, 0.2) is 54.7 Å². The van der Waals surface area contributed by atoms with E-state index in [-0.39, 0.29) is 17.9 Å². The highest BCUT2D eigenvalue weighted by atomic mass is 16.2. The van der Waals surface area contributed by atoms with E-state index in [1.807, 2.05) is 37.3 Å². The van der Waals surface area contributed by atoms with Crippen molar-refractivity contribution in [3.05, 3.63) is 71.4 Å². The Morgan fingerprint density at radius 3 is 2.71 bits per heavy atom. The summed E-state index contributed by atoms with van der Waals surface area (Å²) in [6.45, 7) is 1.94. The first-order valence-electron chi connectivity index (χ1n) is 7.74. The number of benzene rings is 2. The van der Waals surface area contributed by atoms with Crippen molar-refractivity contribution in [1.82, 2.24) is 10.3 Å². The number of hydrogen-bond acceptors (Lipinski definition) is 3. The van der Waals surface area contributed by atoms with E-state index >= 15 is 0 Å². The fourth-order valence-corrected chi connectivity index (χ4v) is 3.03. The van der Waals surface area contributed by atoms with Crippen LogP contribution in [0.2, 0.25) is 0 Å². The van der Waals surface area contributed by atoms with E-state index in [2.05, 4.69) is 15.6 Å². The Morgan fingerprint density at radius 2 is 1.92 bits per heavy atom. The Balaban J connectivity index is 1.71. The molecule has 4 rings (SSSR count). The molecule has 2 N–H and O–H groups in total. The summed E-state index contributed by atoms with van der Waals surface area (Å²) in [5, 5.41) is 6.49. The van der Waals surface area contributed by atoms with Crippen LogP contribution < -0.4 is 10.6 Å². The van der Waals surface area contributed by atoms with Crippen molar-refractivity contribution in [2.45, 2.75) is 13.0 Å². The lowest BCUT2D eigenvalue weighted by atomic mass is 10.0. The third kappa shape index (κ3) is 2.22. The maximum Gasteiger partial charge on any atom is 0.256 e. The number of hydrogen-bond donors (Lipinski definition) is 2. The Hall–Kier alpha value is -3.21. The first-order chi connectivity index (χ1) is 11.6. The molecule has 2 aromatic carbocycles. The number of carbonyl (C=O) groups excluding carboxylic acids is 2. The molecule has 2 heterocycles. The summed E-state index contributed by atoms with van der Waals surface area (Å²) in [6.07, 6.45) is 1.60. The molecule has 0 saturated carbocycles. The van der Waals surface area contributed by atoms with Crippen LogP contribution in [0.3, 0.4) is 0 Å². The van der Waals surface area contributed by atoms with Gasteiger partial charge in [0.1, 0.15) is 0 Å². The van der Waals surface area contributed by atoms with Crippen LogP contribution in [0.25, 0.3) is 10.9 Å². The first-order valence-corrected chi connectivity index (χ1v) is 7.74. The zero-order valence-electron chi connectivity index (χ0n) is 13.0. The van der Waals surface area contributed by atoms with Crippen molar-refractivity contribution in [2.75, 3.05) is 5.32 Å². The number of pyridine rings is 1. The molecule has 1 unspecified atom stereocenters. The fraction of sp³-hybridized carbons (Fsp3) is 0.105. The molecule has 1 atom stereocenters. The molecule has 0 radical (unpaired) electrons. The summed E-state index contributed by atoms with van der Waals surface area (Å²) >= 11 is 0. The molecule has 24 heavy (non-hydrogen) atoms. The van der Waals surface area contributed by atoms with Gasteiger partial charge >= 0.3 is 0 Å². The summed E-state index contributed by atoms with van der Waals surface area (Å²) in [6, 6.07) is 14.7. The highest BCUT2D eigenvalue weighted by Gasteiger charge is 2.25. The van der Waals surface area contributed by atoms with E-state index in [4.69, 9.17) is 0 Å². The van der Waals surface area contributed by atoms with Gasteiger partial charge in [-0.3, -0.25) is 14.6 Å². The maximum atomic E-state index is 12.7. The zero-order chi connectivity index (χ0) is 16.7. The predicted molar refractivity (Wildman–Crippen MR) is 92.0 cm³/mol. The third-order valence-electron chi connectivity index (χ3n) is 4.28. The third-order valence-corrected chi connectivity index (χ3v) is 4.28. The lowest BCUT2D eigenvalue weighted by Crippen LogP contribution is -2.27. The average molecular weight is 317 g/mol. The number of anilines is 1. The number of aromatic nitrogens is 1. The van der Waals surface area contributed by atoms with Gasteiger partial charge in [0.2, 0.25) is 0 Å². The van der Waals surface area contributed by atoms with Gasteiger partial charge in [-0.15, -0.1) is 0 Å². The van der Waals surface area contributed by atoms with Crippen molar-refractivity contribution in [3.8, 4) is 0 Å². The van der Waals surface area contributed by atoms with Crippen molar-refractivity contribution in [3.63, 3.8) is 0 Å². The van der Waals surface area contributed by atoms with Crippen LogP contribution in [0, 0.1) is 0 Å². The van der Waals surface area contributed by atoms with Crippen molar-refractivity contribution in [1.29, 1.82) is 0 Å². The largest absolute Gasteiger partial charge is 0.345 e. The molecule has 0 aliphatic carbocycles. The first kappa shape index (κ1) is 14.4. The summed E-state index contributed by atoms with van der Waals surface area (Å²) in [4.78, 5) is 29.0. The molecule has 0 fully saturated rings. The smallest absolute Gasteiger partial charge is 0.256 e. The Bertz CT molecular complexity index is 967. The van der Waals surface area contributed by atoms with Gasteiger partial charge in [0, 0.05) is 11.6 Å². The van der Waals surface area contributed by atoms with Gasteiger partial charge in [-0.25, -0.2) is 0 Å². The van der Waals surface area contributed by atoms with Gasteiger partial charge in [0.05, 0.1) is 28.4 Å². The van der Waals surface area contributed by atoms with E-state index in [0.717, 1.165) is 5.56 Å². The molecular weight excluding hydrogens is 302 g/mol. The number of rotatable bonds is 3. The van der Waals surface area contributed by atoms with Gasteiger partial charge in [-0.1, -0.05) is 30.3 Å². The standard InChI is InChI=1S/C19H15N3O2/c1-11(12-5-3-2-4-6-12)21-19(24)14-8-7-13-16-15(22-18(13)23)9-10-20-17(14)16/h2-11H,1H3,(H,21,24)(H,22,23). The van der Waals surface area contributed by atoms with Gasteiger partial charge < -0.3 is 10.6 Å². The maximum absolute atomic E-state index is 12.7. The van der Waals surface area contributed by atoms with E-state index in [0.29, 0.717) is 27.7 Å². The minimum Gasteiger partial charge on any atom is -0.345 e. The van der Waals surface area contributed by atoms with Crippen LogP contribution in [0.5, 0.6) is 0 Å². The lowest BCUT2D eigenvalue weighted by molar-refractivity contribution is 0.0940. The second-order valence-corrected chi connectivity index (χ2v) is 5.80. The second-order valence-electron chi connectivity index (χ2n) is 5.80. The average Bonchev–Trinajstić information content (AvgIpc) is 2.93. The molecule has 118 valence electrons. The molecule has 3 aromatic rings. The van der Waals surface area contributed by atoms with Crippen molar-refractivity contribution in [2.24, 2.45) is 0 Å². The van der Waals surface area contributed by atoms with Crippen LogP contribution in [0.4, 0.5) is 5.69 Å². The highest BCUT2D eigenvalue weighted by molar-refractivity contribution is 6.25. The molecule has 5 nitrogen and oxygen atoms in total. The van der Waals surface area contributed by atoms with Gasteiger partial charge in [0.15, 0.2) is 0 Å². The SMILES string of the molecule is CC(NC(=O)c1ccc2c3c(ccnc13)NC2=O)c1ccccc1. The number of nitrogens with zero attached hydrogens (tertiary/aromatic N) is 1. The quantitative estimate of drug-likeness (QED) is 0.778. The highest BCUT2D eigenvalue weighted by Crippen LogP contribution is 2.33. The van der Waals surface area contributed by atoms with E-state index in [1.54, 1.807) is 24.4 Å². The lowest BCUT2D eigenvalue weighted by Gasteiger charge is -2.15. The Kier molecular flexibility index (Phi) is 3.27. The van der Waals surface area contributed by atoms with Crippen molar-refractivity contribution < 1.29 is 9.59 Å². The number of nitrogens with one attached hydrogen (secondary N) is 2.